The van der Waals surface area contributed by atoms with E-state index in [1.165, 1.54) is 17.8 Å². The number of nitrogens with zero attached hydrogens (tertiary/aromatic N) is 1. The minimum absolute atomic E-state index is 0.338. The molecule has 0 fully saturated rings. The number of anilines is 1. The molecule has 0 saturated carbocycles. The fourth-order valence-corrected chi connectivity index (χ4v) is 2.46. The molecule has 2 nitrogen and oxygen atoms in total. The summed E-state index contributed by atoms with van der Waals surface area (Å²) < 4.78 is 38.3. The fourth-order valence-electron chi connectivity index (χ4n) is 2.46. The molecule has 0 unspecified atom stereocenters. The van der Waals surface area contributed by atoms with Gasteiger partial charge in [0.1, 0.15) is 0 Å². The van der Waals surface area contributed by atoms with E-state index < -0.39 is 11.7 Å². The smallest absolute Gasteiger partial charge is 0.384 e. The highest BCUT2D eigenvalue weighted by Crippen LogP contribution is 2.32. The molecule has 0 aliphatic heterocycles. The van der Waals surface area contributed by atoms with E-state index in [4.69, 9.17) is 0 Å². The van der Waals surface area contributed by atoms with Gasteiger partial charge in [0, 0.05) is 23.8 Å². The highest BCUT2D eigenvalue weighted by molar-refractivity contribution is 5.91. The zero-order valence-electron chi connectivity index (χ0n) is 12.3. The number of benzene rings is 2. The standard InChI is InChI=1S/C18H15F3N2/c19-18(20,21)14-6-7-15-16(9-11-23-17(15)12-14)22-10-8-13-4-2-1-3-5-13/h1-7,9,11-12H,8,10H2,(H,22,23). The van der Waals surface area contributed by atoms with Gasteiger partial charge in [-0.3, -0.25) is 4.98 Å². The third-order valence-corrected chi connectivity index (χ3v) is 3.64. The van der Waals surface area contributed by atoms with Gasteiger partial charge in [0.15, 0.2) is 0 Å². The van der Waals surface area contributed by atoms with E-state index in [0.717, 1.165) is 24.2 Å². The van der Waals surface area contributed by atoms with Gasteiger partial charge in [-0.05, 0) is 30.2 Å². The number of alkyl halides is 3. The molecule has 0 spiro atoms. The summed E-state index contributed by atoms with van der Waals surface area (Å²) in [6.45, 7) is 0.699. The topological polar surface area (TPSA) is 24.9 Å². The highest BCUT2D eigenvalue weighted by atomic mass is 19.4. The van der Waals surface area contributed by atoms with Crippen molar-refractivity contribution >= 4 is 16.6 Å². The van der Waals surface area contributed by atoms with E-state index in [1.54, 1.807) is 6.07 Å². The molecule has 2 aromatic carbocycles. The summed E-state index contributed by atoms with van der Waals surface area (Å²) in [5, 5.41) is 3.96. The number of aromatic nitrogens is 1. The van der Waals surface area contributed by atoms with E-state index in [1.807, 2.05) is 30.3 Å². The number of fused-ring (bicyclic) bond motifs is 1. The van der Waals surface area contributed by atoms with Gasteiger partial charge in [-0.15, -0.1) is 0 Å². The van der Waals surface area contributed by atoms with E-state index in [9.17, 15) is 13.2 Å². The van der Waals surface area contributed by atoms with Crippen LogP contribution in [0.5, 0.6) is 0 Å². The summed E-state index contributed by atoms with van der Waals surface area (Å²) in [6.07, 6.45) is -1.99. The van der Waals surface area contributed by atoms with Crippen molar-refractivity contribution in [3.63, 3.8) is 0 Å². The molecule has 5 heteroatoms. The number of nitrogens with one attached hydrogen (secondary N) is 1. The number of halogens is 3. The molecule has 3 rings (SSSR count). The minimum Gasteiger partial charge on any atom is -0.384 e. The molecule has 0 radical (unpaired) electrons. The van der Waals surface area contributed by atoms with Crippen LogP contribution in [-0.2, 0) is 12.6 Å². The third kappa shape index (κ3) is 3.62. The Bertz CT molecular complexity index is 798. The van der Waals surface area contributed by atoms with Gasteiger partial charge in [-0.2, -0.15) is 13.2 Å². The van der Waals surface area contributed by atoms with Crippen LogP contribution >= 0.6 is 0 Å². The number of hydrogen-bond donors (Lipinski definition) is 1. The Morgan fingerprint density at radius 3 is 2.48 bits per heavy atom. The van der Waals surface area contributed by atoms with Gasteiger partial charge in [0.2, 0.25) is 0 Å². The average Bonchev–Trinajstić information content (AvgIpc) is 2.55. The van der Waals surface area contributed by atoms with Crippen LogP contribution in [0, 0.1) is 0 Å². The highest BCUT2D eigenvalue weighted by Gasteiger charge is 2.30. The normalized spacial score (nSPS) is 11.6. The molecule has 0 bridgehead atoms. The molecule has 0 aliphatic carbocycles. The lowest BCUT2D eigenvalue weighted by Crippen LogP contribution is -2.07. The lowest BCUT2D eigenvalue weighted by Gasteiger charge is -2.11. The van der Waals surface area contributed by atoms with Crippen LogP contribution < -0.4 is 5.32 Å². The molecule has 0 aliphatic rings. The van der Waals surface area contributed by atoms with Crippen molar-refractivity contribution < 1.29 is 13.2 Å². The second-order valence-corrected chi connectivity index (χ2v) is 5.25. The van der Waals surface area contributed by atoms with Gasteiger partial charge in [0.25, 0.3) is 0 Å². The van der Waals surface area contributed by atoms with Crippen LogP contribution in [0.3, 0.4) is 0 Å². The Morgan fingerprint density at radius 2 is 1.74 bits per heavy atom. The molecule has 0 atom stereocenters. The Morgan fingerprint density at radius 1 is 0.957 bits per heavy atom. The van der Waals surface area contributed by atoms with Gasteiger partial charge >= 0.3 is 6.18 Å². The predicted molar refractivity (Wildman–Crippen MR) is 85.4 cm³/mol. The van der Waals surface area contributed by atoms with Gasteiger partial charge in [0.05, 0.1) is 11.1 Å². The predicted octanol–water partition coefficient (Wildman–Crippen LogP) is 4.91. The SMILES string of the molecule is FC(F)(F)c1ccc2c(NCCc3ccccc3)ccnc2c1. The van der Waals surface area contributed by atoms with Crippen molar-refractivity contribution in [1.29, 1.82) is 0 Å². The monoisotopic (exact) mass is 316 g/mol. The maximum atomic E-state index is 12.8. The second-order valence-electron chi connectivity index (χ2n) is 5.25. The first kappa shape index (κ1) is 15.3. The van der Waals surface area contributed by atoms with Gasteiger partial charge in [-0.1, -0.05) is 36.4 Å². The minimum atomic E-state index is -4.35. The Hall–Kier alpha value is -2.56. The summed E-state index contributed by atoms with van der Waals surface area (Å²) in [6, 6.07) is 15.4. The molecular formula is C18H15F3N2. The second kappa shape index (κ2) is 6.28. The lowest BCUT2D eigenvalue weighted by molar-refractivity contribution is -0.137. The average molecular weight is 316 g/mol. The first-order chi connectivity index (χ1) is 11.0. The van der Waals surface area contributed by atoms with Crippen molar-refractivity contribution in [2.24, 2.45) is 0 Å². The number of pyridine rings is 1. The molecule has 0 saturated heterocycles. The van der Waals surface area contributed by atoms with Gasteiger partial charge in [-0.25, -0.2) is 0 Å². The first-order valence-corrected chi connectivity index (χ1v) is 7.28. The summed E-state index contributed by atoms with van der Waals surface area (Å²) in [7, 11) is 0. The lowest BCUT2D eigenvalue weighted by atomic mass is 10.1. The Labute approximate surface area is 132 Å². The maximum absolute atomic E-state index is 12.8. The molecule has 0 amide bonds. The van der Waals surface area contributed by atoms with Crippen LogP contribution in [-0.4, -0.2) is 11.5 Å². The summed E-state index contributed by atoms with van der Waals surface area (Å²) in [4.78, 5) is 4.04. The van der Waals surface area contributed by atoms with E-state index in [0.29, 0.717) is 17.4 Å². The zero-order valence-corrected chi connectivity index (χ0v) is 12.3. The third-order valence-electron chi connectivity index (χ3n) is 3.64. The Kier molecular flexibility index (Phi) is 4.19. The number of rotatable bonds is 4. The van der Waals surface area contributed by atoms with E-state index in [-0.39, 0.29) is 0 Å². The van der Waals surface area contributed by atoms with Crippen molar-refractivity contribution in [2.45, 2.75) is 12.6 Å². The van der Waals surface area contributed by atoms with Crippen molar-refractivity contribution in [3.05, 3.63) is 71.9 Å². The van der Waals surface area contributed by atoms with Crippen molar-refractivity contribution in [2.75, 3.05) is 11.9 Å². The molecule has 118 valence electrons. The van der Waals surface area contributed by atoms with Crippen LogP contribution in [0.2, 0.25) is 0 Å². The molecule has 23 heavy (non-hydrogen) atoms. The van der Waals surface area contributed by atoms with E-state index >= 15 is 0 Å². The zero-order chi connectivity index (χ0) is 16.3. The molecule has 1 heterocycles. The molecule has 3 aromatic rings. The van der Waals surface area contributed by atoms with Crippen LogP contribution in [0.1, 0.15) is 11.1 Å². The summed E-state index contributed by atoms with van der Waals surface area (Å²) >= 11 is 0. The Balaban J connectivity index is 1.78. The molecule has 1 aromatic heterocycles. The van der Waals surface area contributed by atoms with Crippen LogP contribution in [0.4, 0.5) is 18.9 Å². The van der Waals surface area contributed by atoms with Crippen molar-refractivity contribution in [1.82, 2.24) is 4.98 Å². The van der Waals surface area contributed by atoms with Gasteiger partial charge < -0.3 is 5.32 Å². The summed E-state index contributed by atoms with van der Waals surface area (Å²) in [5.74, 6) is 0. The maximum Gasteiger partial charge on any atom is 0.416 e. The molecule has 1 N–H and O–H groups in total. The number of hydrogen-bond acceptors (Lipinski definition) is 2. The first-order valence-electron chi connectivity index (χ1n) is 7.28. The van der Waals surface area contributed by atoms with Crippen LogP contribution in [0.15, 0.2) is 60.8 Å². The van der Waals surface area contributed by atoms with Crippen LogP contribution in [0.25, 0.3) is 10.9 Å². The quantitative estimate of drug-likeness (QED) is 0.740. The van der Waals surface area contributed by atoms with E-state index in [2.05, 4.69) is 10.3 Å². The largest absolute Gasteiger partial charge is 0.416 e. The fraction of sp³-hybridized carbons (Fsp3) is 0.167. The summed E-state index contributed by atoms with van der Waals surface area (Å²) in [5.41, 5.74) is 1.65. The molecular weight excluding hydrogens is 301 g/mol. The van der Waals surface area contributed by atoms with Crippen molar-refractivity contribution in [3.8, 4) is 0 Å².